The standard InChI is InChI=1S/C13H20N4OS/c1-12(2)7-17(8-13(3,4)18-12)11-9(10(14)19)15-5-6-16-11/h5-6H,7-8H2,1-4H3,(H2,14,19). The van der Waals surface area contributed by atoms with E-state index in [0.717, 1.165) is 18.9 Å². The van der Waals surface area contributed by atoms with Gasteiger partial charge >= 0.3 is 0 Å². The molecule has 1 aromatic heterocycles. The largest absolute Gasteiger partial charge is 0.388 e. The van der Waals surface area contributed by atoms with Crippen LogP contribution in [0.3, 0.4) is 0 Å². The number of nitrogens with zero attached hydrogens (tertiary/aromatic N) is 3. The summed E-state index contributed by atoms with van der Waals surface area (Å²) >= 11 is 5.05. The summed E-state index contributed by atoms with van der Waals surface area (Å²) in [5.41, 5.74) is 5.79. The summed E-state index contributed by atoms with van der Waals surface area (Å²) < 4.78 is 6.06. The van der Waals surface area contributed by atoms with Gasteiger partial charge in [-0.1, -0.05) is 12.2 Å². The highest BCUT2D eigenvalue weighted by Crippen LogP contribution is 2.31. The smallest absolute Gasteiger partial charge is 0.157 e. The number of morpholine rings is 1. The van der Waals surface area contributed by atoms with E-state index in [2.05, 4.69) is 42.6 Å². The number of aromatic nitrogens is 2. The third-order valence-electron chi connectivity index (χ3n) is 2.91. The molecule has 0 bridgehead atoms. The summed E-state index contributed by atoms with van der Waals surface area (Å²) in [4.78, 5) is 11.0. The van der Waals surface area contributed by atoms with Gasteiger partial charge in [0, 0.05) is 25.5 Å². The van der Waals surface area contributed by atoms with E-state index in [1.807, 2.05) is 0 Å². The molecule has 1 fully saturated rings. The number of nitrogens with two attached hydrogens (primary N) is 1. The van der Waals surface area contributed by atoms with Crippen LogP contribution >= 0.6 is 12.2 Å². The number of thiocarbonyl (C=S) groups is 1. The van der Waals surface area contributed by atoms with Crippen LogP contribution in [0.4, 0.5) is 5.82 Å². The fourth-order valence-corrected chi connectivity index (χ4v) is 2.82. The summed E-state index contributed by atoms with van der Waals surface area (Å²) in [6.45, 7) is 9.72. The second-order valence-electron chi connectivity index (χ2n) is 6.07. The summed E-state index contributed by atoms with van der Waals surface area (Å²) in [7, 11) is 0. The van der Waals surface area contributed by atoms with Gasteiger partial charge in [0.2, 0.25) is 0 Å². The van der Waals surface area contributed by atoms with E-state index in [0.29, 0.717) is 5.69 Å². The molecular formula is C13H20N4OS. The Morgan fingerprint density at radius 2 is 1.74 bits per heavy atom. The lowest BCUT2D eigenvalue weighted by atomic mass is 9.99. The molecule has 1 aromatic rings. The van der Waals surface area contributed by atoms with Crippen LogP contribution in [0.15, 0.2) is 12.4 Å². The zero-order chi connectivity index (χ0) is 14.3. The second-order valence-corrected chi connectivity index (χ2v) is 6.51. The second kappa shape index (κ2) is 4.68. The van der Waals surface area contributed by atoms with Gasteiger partial charge < -0.3 is 15.4 Å². The Morgan fingerprint density at radius 1 is 1.21 bits per heavy atom. The number of rotatable bonds is 2. The SMILES string of the molecule is CC1(C)CN(c2nccnc2C(N)=S)CC(C)(C)O1. The first kappa shape index (κ1) is 14.1. The van der Waals surface area contributed by atoms with Crippen LogP contribution in [0.1, 0.15) is 33.4 Å². The Balaban J connectivity index is 2.39. The van der Waals surface area contributed by atoms with Crippen LogP contribution in [-0.2, 0) is 4.74 Å². The van der Waals surface area contributed by atoms with Gasteiger partial charge in [0.15, 0.2) is 5.82 Å². The molecule has 19 heavy (non-hydrogen) atoms. The summed E-state index contributed by atoms with van der Waals surface area (Å²) in [5.74, 6) is 0.736. The van der Waals surface area contributed by atoms with Crippen molar-refractivity contribution in [1.82, 2.24) is 9.97 Å². The van der Waals surface area contributed by atoms with Gasteiger partial charge in [0.05, 0.1) is 11.2 Å². The Kier molecular flexibility index (Phi) is 3.49. The molecule has 1 aliphatic heterocycles. The minimum atomic E-state index is -0.257. The van der Waals surface area contributed by atoms with E-state index in [1.54, 1.807) is 12.4 Å². The fraction of sp³-hybridized carbons (Fsp3) is 0.615. The van der Waals surface area contributed by atoms with Crippen molar-refractivity contribution in [2.75, 3.05) is 18.0 Å². The Labute approximate surface area is 119 Å². The zero-order valence-corrected chi connectivity index (χ0v) is 12.6. The van der Waals surface area contributed by atoms with Crippen molar-refractivity contribution in [3.05, 3.63) is 18.1 Å². The van der Waals surface area contributed by atoms with E-state index in [9.17, 15) is 0 Å². The first-order valence-electron chi connectivity index (χ1n) is 6.26. The van der Waals surface area contributed by atoms with Crippen LogP contribution < -0.4 is 10.6 Å². The number of ether oxygens (including phenoxy) is 1. The third-order valence-corrected chi connectivity index (χ3v) is 3.10. The lowest BCUT2D eigenvalue weighted by molar-refractivity contribution is -0.133. The number of hydrogen-bond acceptors (Lipinski definition) is 5. The Morgan fingerprint density at radius 3 is 2.26 bits per heavy atom. The van der Waals surface area contributed by atoms with E-state index in [1.165, 1.54) is 0 Å². The average Bonchev–Trinajstić information content (AvgIpc) is 2.24. The summed E-state index contributed by atoms with van der Waals surface area (Å²) in [5, 5.41) is 0. The maximum Gasteiger partial charge on any atom is 0.157 e. The van der Waals surface area contributed by atoms with Crippen molar-refractivity contribution in [2.45, 2.75) is 38.9 Å². The highest BCUT2D eigenvalue weighted by Gasteiger charge is 2.39. The first-order chi connectivity index (χ1) is 8.70. The van der Waals surface area contributed by atoms with Gasteiger partial charge in [0.1, 0.15) is 10.7 Å². The van der Waals surface area contributed by atoms with Gasteiger partial charge in [-0.2, -0.15) is 0 Å². The summed E-state index contributed by atoms with van der Waals surface area (Å²) in [6.07, 6.45) is 3.27. The van der Waals surface area contributed by atoms with Crippen LogP contribution in [-0.4, -0.2) is 39.2 Å². The van der Waals surface area contributed by atoms with E-state index >= 15 is 0 Å². The number of hydrogen-bond donors (Lipinski definition) is 1. The molecule has 5 nitrogen and oxygen atoms in total. The van der Waals surface area contributed by atoms with Gasteiger partial charge in [-0.25, -0.2) is 9.97 Å². The van der Waals surface area contributed by atoms with Crippen molar-refractivity contribution < 1.29 is 4.74 Å². The van der Waals surface area contributed by atoms with Crippen molar-refractivity contribution in [2.24, 2.45) is 5.73 Å². The molecule has 0 amide bonds. The predicted molar refractivity (Wildman–Crippen MR) is 79.4 cm³/mol. The lowest BCUT2D eigenvalue weighted by Gasteiger charge is -2.47. The maximum absolute atomic E-state index is 6.06. The molecule has 2 N–H and O–H groups in total. The van der Waals surface area contributed by atoms with Crippen molar-refractivity contribution >= 4 is 23.0 Å². The minimum absolute atomic E-state index is 0.257. The molecule has 2 heterocycles. The van der Waals surface area contributed by atoms with E-state index in [-0.39, 0.29) is 16.2 Å². The molecule has 0 radical (unpaired) electrons. The molecule has 6 heteroatoms. The Hall–Kier alpha value is -1.27. The molecule has 2 rings (SSSR count). The van der Waals surface area contributed by atoms with E-state index < -0.39 is 0 Å². The molecule has 104 valence electrons. The van der Waals surface area contributed by atoms with Crippen LogP contribution in [0.2, 0.25) is 0 Å². The first-order valence-corrected chi connectivity index (χ1v) is 6.67. The molecule has 1 saturated heterocycles. The monoisotopic (exact) mass is 280 g/mol. The molecule has 0 unspecified atom stereocenters. The molecule has 0 saturated carbocycles. The molecule has 0 aromatic carbocycles. The Bertz CT molecular complexity index is 485. The van der Waals surface area contributed by atoms with Gasteiger partial charge in [-0.3, -0.25) is 0 Å². The fourth-order valence-electron chi connectivity index (χ4n) is 2.67. The third kappa shape index (κ3) is 3.19. The van der Waals surface area contributed by atoms with Gasteiger partial charge in [-0.15, -0.1) is 0 Å². The average molecular weight is 280 g/mol. The highest BCUT2D eigenvalue weighted by molar-refractivity contribution is 7.80. The highest BCUT2D eigenvalue weighted by atomic mass is 32.1. The molecule has 0 spiro atoms. The minimum Gasteiger partial charge on any atom is -0.388 e. The summed E-state index contributed by atoms with van der Waals surface area (Å²) in [6, 6.07) is 0. The maximum atomic E-state index is 6.06. The van der Waals surface area contributed by atoms with Gasteiger partial charge in [0.25, 0.3) is 0 Å². The number of anilines is 1. The lowest BCUT2D eigenvalue weighted by Crippen LogP contribution is -2.57. The zero-order valence-electron chi connectivity index (χ0n) is 11.8. The molecule has 1 aliphatic rings. The normalized spacial score (nSPS) is 21.2. The van der Waals surface area contributed by atoms with Crippen LogP contribution in [0, 0.1) is 0 Å². The molecular weight excluding hydrogens is 260 g/mol. The molecule has 0 atom stereocenters. The molecule has 0 aliphatic carbocycles. The van der Waals surface area contributed by atoms with Crippen molar-refractivity contribution in [3.8, 4) is 0 Å². The van der Waals surface area contributed by atoms with E-state index in [4.69, 9.17) is 22.7 Å². The quantitative estimate of drug-likeness (QED) is 0.828. The van der Waals surface area contributed by atoms with Crippen LogP contribution in [0.5, 0.6) is 0 Å². The van der Waals surface area contributed by atoms with Gasteiger partial charge in [-0.05, 0) is 27.7 Å². The topological polar surface area (TPSA) is 64.3 Å². The predicted octanol–water partition coefficient (Wildman–Crippen LogP) is 1.50. The van der Waals surface area contributed by atoms with Crippen molar-refractivity contribution in [1.29, 1.82) is 0 Å². The van der Waals surface area contributed by atoms with Crippen molar-refractivity contribution in [3.63, 3.8) is 0 Å². The van der Waals surface area contributed by atoms with Crippen LogP contribution in [0.25, 0.3) is 0 Å².